The number of esters is 1. The van der Waals surface area contributed by atoms with Gasteiger partial charge in [-0.1, -0.05) is 25.6 Å². The Morgan fingerprint density at radius 1 is 1.24 bits per heavy atom. The minimum atomic E-state index is -0.587. The van der Waals surface area contributed by atoms with Crippen LogP contribution in [-0.4, -0.2) is 46.1 Å². The number of fused-ring (bicyclic) bond motifs is 1. The molecule has 0 spiro atoms. The molecule has 2 aromatic heterocycles. The molecule has 33 heavy (non-hydrogen) atoms. The van der Waals surface area contributed by atoms with Crippen molar-refractivity contribution in [2.75, 3.05) is 12.9 Å². The van der Waals surface area contributed by atoms with E-state index in [1.165, 1.54) is 43.1 Å². The van der Waals surface area contributed by atoms with Crippen LogP contribution in [-0.2, 0) is 20.9 Å². The summed E-state index contributed by atoms with van der Waals surface area (Å²) in [5.41, 5.74) is 0.237. The highest BCUT2D eigenvalue weighted by Gasteiger charge is 2.22. The Bertz CT molecular complexity index is 1230. The lowest BCUT2D eigenvalue weighted by molar-refractivity contribution is -0.126. The fraction of sp³-hybridized carbons (Fsp3) is 0.348. The van der Waals surface area contributed by atoms with Crippen LogP contribution in [0.5, 0.6) is 0 Å². The van der Waals surface area contributed by atoms with Gasteiger partial charge in [-0.15, -0.1) is 0 Å². The molecule has 0 radical (unpaired) electrons. The third-order valence-corrected chi connectivity index (χ3v) is 5.97. The van der Waals surface area contributed by atoms with Crippen molar-refractivity contribution in [3.05, 3.63) is 58.3 Å². The van der Waals surface area contributed by atoms with E-state index in [0.717, 1.165) is 11.8 Å². The van der Waals surface area contributed by atoms with E-state index in [-0.39, 0.29) is 46.2 Å². The van der Waals surface area contributed by atoms with E-state index in [4.69, 9.17) is 9.15 Å². The number of hydrogen-bond acceptors (Lipinski definition) is 8. The smallest absolute Gasteiger partial charge is 0.337 e. The standard InChI is InChI=1S/C23H25N3O6S/c1-13(2)20(14(3)27)25-19(28)12-33-23-24-18-10-15(22(30)31-4)7-8-17(18)21(29)26(23)11-16-6-5-9-32-16/h5-10,13,20H,11-12H2,1-4H3,(H,25,28). The largest absolute Gasteiger partial charge is 0.467 e. The molecule has 1 N–H and O–H groups in total. The quantitative estimate of drug-likeness (QED) is 0.287. The summed E-state index contributed by atoms with van der Waals surface area (Å²) in [6.45, 7) is 5.26. The van der Waals surface area contributed by atoms with E-state index >= 15 is 0 Å². The molecule has 0 fully saturated rings. The van der Waals surface area contributed by atoms with Crippen LogP contribution in [0.2, 0.25) is 0 Å². The summed E-state index contributed by atoms with van der Waals surface area (Å²) in [4.78, 5) is 54.0. The van der Waals surface area contributed by atoms with Crippen molar-refractivity contribution in [3.63, 3.8) is 0 Å². The van der Waals surface area contributed by atoms with Gasteiger partial charge < -0.3 is 14.5 Å². The molecule has 1 aromatic carbocycles. The van der Waals surface area contributed by atoms with Gasteiger partial charge in [-0.3, -0.25) is 19.0 Å². The summed E-state index contributed by atoms with van der Waals surface area (Å²) in [6.07, 6.45) is 1.51. The Kier molecular flexibility index (Phi) is 7.70. The molecule has 2 heterocycles. The van der Waals surface area contributed by atoms with Crippen molar-refractivity contribution in [2.24, 2.45) is 5.92 Å². The fourth-order valence-corrected chi connectivity index (χ4v) is 4.15. The van der Waals surface area contributed by atoms with E-state index in [1.54, 1.807) is 12.1 Å². The number of carbonyl (C=O) groups excluding carboxylic acids is 3. The molecule has 3 rings (SSSR count). The topological polar surface area (TPSA) is 121 Å². The molecule has 174 valence electrons. The number of rotatable bonds is 9. The number of Topliss-reactive ketones (excluding diaryl/α,β-unsaturated/α-hetero) is 1. The fourth-order valence-electron chi connectivity index (χ4n) is 3.34. The van der Waals surface area contributed by atoms with Crippen molar-refractivity contribution in [1.82, 2.24) is 14.9 Å². The number of ketones is 1. The zero-order chi connectivity index (χ0) is 24.1. The van der Waals surface area contributed by atoms with Crippen LogP contribution in [0.4, 0.5) is 0 Å². The number of furan rings is 1. The molecule has 0 bridgehead atoms. The van der Waals surface area contributed by atoms with Gasteiger partial charge in [-0.05, 0) is 43.2 Å². The summed E-state index contributed by atoms with van der Waals surface area (Å²) in [7, 11) is 1.27. The van der Waals surface area contributed by atoms with Crippen LogP contribution in [0.15, 0.2) is 51.0 Å². The molecule has 0 saturated heterocycles. The molecule has 1 atom stereocenters. The van der Waals surface area contributed by atoms with Crippen LogP contribution >= 0.6 is 11.8 Å². The van der Waals surface area contributed by atoms with Crippen molar-refractivity contribution >= 4 is 40.3 Å². The van der Waals surface area contributed by atoms with Crippen molar-refractivity contribution < 1.29 is 23.5 Å². The highest BCUT2D eigenvalue weighted by atomic mass is 32.2. The van der Waals surface area contributed by atoms with E-state index in [2.05, 4.69) is 10.3 Å². The average Bonchev–Trinajstić information content (AvgIpc) is 3.30. The van der Waals surface area contributed by atoms with Gasteiger partial charge in [0.2, 0.25) is 5.91 Å². The minimum Gasteiger partial charge on any atom is -0.467 e. The first-order valence-electron chi connectivity index (χ1n) is 10.3. The molecule has 0 saturated carbocycles. The van der Waals surface area contributed by atoms with Gasteiger partial charge in [-0.2, -0.15) is 0 Å². The van der Waals surface area contributed by atoms with Gasteiger partial charge in [0.1, 0.15) is 5.76 Å². The van der Waals surface area contributed by atoms with Gasteiger partial charge in [0.05, 0.1) is 48.2 Å². The molecule has 0 aliphatic rings. The van der Waals surface area contributed by atoms with E-state index in [9.17, 15) is 19.2 Å². The molecule has 0 aliphatic carbocycles. The summed E-state index contributed by atoms with van der Waals surface area (Å²) in [5, 5.41) is 3.33. The van der Waals surface area contributed by atoms with Crippen molar-refractivity contribution in [1.29, 1.82) is 0 Å². The molecule has 1 unspecified atom stereocenters. The van der Waals surface area contributed by atoms with E-state index in [0.29, 0.717) is 16.7 Å². The van der Waals surface area contributed by atoms with E-state index < -0.39 is 12.0 Å². The van der Waals surface area contributed by atoms with E-state index in [1.807, 2.05) is 13.8 Å². The first-order valence-corrected chi connectivity index (χ1v) is 11.3. The SMILES string of the molecule is COC(=O)c1ccc2c(=O)n(Cc3ccco3)c(SCC(=O)NC(C(C)=O)C(C)C)nc2c1. The predicted octanol–water partition coefficient (Wildman–Crippen LogP) is 2.65. The third-order valence-electron chi connectivity index (χ3n) is 4.99. The number of thioether (sulfide) groups is 1. The van der Waals surface area contributed by atoms with Crippen LogP contribution in [0, 0.1) is 5.92 Å². The van der Waals surface area contributed by atoms with Gasteiger partial charge >= 0.3 is 5.97 Å². The lowest BCUT2D eigenvalue weighted by Gasteiger charge is -2.19. The average molecular weight is 472 g/mol. The molecule has 3 aromatic rings. The maximum atomic E-state index is 13.2. The Morgan fingerprint density at radius 2 is 2.00 bits per heavy atom. The van der Waals surface area contributed by atoms with Gasteiger partial charge in [-0.25, -0.2) is 9.78 Å². The predicted molar refractivity (Wildman–Crippen MR) is 123 cm³/mol. The second kappa shape index (κ2) is 10.5. The highest BCUT2D eigenvalue weighted by Crippen LogP contribution is 2.20. The maximum absolute atomic E-state index is 13.2. The number of benzene rings is 1. The van der Waals surface area contributed by atoms with Gasteiger partial charge in [0, 0.05) is 0 Å². The van der Waals surface area contributed by atoms with Crippen LogP contribution in [0.25, 0.3) is 10.9 Å². The number of amides is 1. The summed E-state index contributed by atoms with van der Waals surface area (Å²) in [6, 6.07) is 7.37. The number of aromatic nitrogens is 2. The second-order valence-corrected chi connectivity index (χ2v) is 8.72. The zero-order valence-electron chi connectivity index (χ0n) is 18.8. The Morgan fingerprint density at radius 3 is 2.61 bits per heavy atom. The van der Waals surface area contributed by atoms with Gasteiger partial charge in [0.15, 0.2) is 10.9 Å². The van der Waals surface area contributed by atoms with Crippen LogP contribution < -0.4 is 10.9 Å². The number of carbonyl (C=O) groups is 3. The normalized spacial score (nSPS) is 12.0. The summed E-state index contributed by atoms with van der Waals surface area (Å²) < 4.78 is 11.5. The zero-order valence-corrected chi connectivity index (χ0v) is 19.6. The Hall–Kier alpha value is -3.40. The van der Waals surface area contributed by atoms with Crippen molar-refractivity contribution in [2.45, 2.75) is 38.5 Å². The lowest BCUT2D eigenvalue weighted by atomic mass is 10.0. The first kappa shape index (κ1) is 24.2. The Labute approximate surface area is 194 Å². The number of ether oxygens (including phenoxy) is 1. The molecule has 0 aliphatic heterocycles. The third kappa shape index (κ3) is 5.70. The van der Waals surface area contributed by atoms with Crippen molar-refractivity contribution in [3.8, 4) is 0 Å². The summed E-state index contributed by atoms with van der Waals surface area (Å²) in [5.74, 6) is -0.579. The lowest BCUT2D eigenvalue weighted by Crippen LogP contribution is -2.44. The Balaban J connectivity index is 1.96. The maximum Gasteiger partial charge on any atom is 0.337 e. The molecule has 9 nitrogen and oxygen atoms in total. The second-order valence-electron chi connectivity index (χ2n) is 7.78. The van der Waals surface area contributed by atoms with Gasteiger partial charge in [0.25, 0.3) is 5.56 Å². The molecular formula is C23H25N3O6S. The highest BCUT2D eigenvalue weighted by molar-refractivity contribution is 7.99. The van der Waals surface area contributed by atoms with Crippen LogP contribution in [0.3, 0.4) is 0 Å². The number of nitrogens with zero attached hydrogens (tertiary/aromatic N) is 2. The number of methoxy groups -OCH3 is 1. The minimum absolute atomic E-state index is 0.0517. The molecule has 10 heteroatoms. The molecular weight excluding hydrogens is 446 g/mol. The number of nitrogens with one attached hydrogen (secondary N) is 1. The van der Waals surface area contributed by atoms with Crippen LogP contribution in [0.1, 0.15) is 36.9 Å². The molecule has 1 amide bonds. The summed E-state index contributed by atoms with van der Waals surface area (Å²) >= 11 is 1.06. The first-order chi connectivity index (χ1) is 15.7. The number of hydrogen-bond donors (Lipinski definition) is 1. The monoisotopic (exact) mass is 471 g/mol.